The second kappa shape index (κ2) is 68.0. The highest BCUT2D eigenvalue weighted by molar-refractivity contribution is 5.71. The Kier molecular flexibility index (Phi) is 63.5. The first kappa shape index (κ1) is 76.5. The van der Waals surface area contributed by atoms with Gasteiger partial charge in [-0.1, -0.05) is 280 Å². The van der Waals surface area contributed by atoms with Crippen LogP contribution in [0.25, 0.3) is 0 Å². The van der Waals surface area contributed by atoms with E-state index in [2.05, 4.69) is 203 Å². The van der Waals surface area contributed by atoms with Crippen LogP contribution >= 0.6 is 0 Å². The molecule has 6 nitrogen and oxygen atoms in total. The number of hydrogen-bond acceptors (Lipinski definition) is 6. The van der Waals surface area contributed by atoms with Crippen LogP contribution in [0.2, 0.25) is 0 Å². The summed E-state index contributed by atoms with van der Waals surface area (Å²) in [5, 5.41) is 0. The van der Waals surface area contributed by atoms with Crippen molar-refractivity contribution in [3.63, 3.8) is 0 Å². The molecule has 0 saturated heterocycles. The topological polar surface area (TPSA) is 78.9 Å². The van der Waals surface area contributed by atoms with Crippen LogP contribution in [0.5, 0.6) is 0 Å². The minimum atomic E-state index is -0.816. The van der Waals surface area contributed by atoms with Crippen LogP contribution in [0, 0.1) is 0 Å². The van der Waals surface area contributed by atoms with Crippen molar-refractivity contribution < 1.29 is 28.6 Å². The molecule has 0 N–H and O–H groups in total. The van der Waals surface area contributed by atoms with E-state index < -0.39 is 6.10 Å². The third-order valence-corrected chi connectivity index (χ3v) is 13.2. The van der Waals surface area contributed by atoms with E-state index in [1.54, 1.807) is 0 Å². The molecular formula is C76H118O6. The van der Waals surface area contributed by atoms with Crippen LogP contribution in [-0.2, 0) is 28.6 Å². The van der Waals surface area contributed by atoms with Crippen LogP contribution in [0.3, 0.4) is 0 Å². The first-order valence-corrected chi connectivity index (χ1v) is 32.8. The van der Waals surface area contributed by atoms with Crippen molar-refractivity contribution in [3.05, 3.63) is 182 Å². The summed E-state index contributed by atoms with van der Waals surface area (Å²) < 4.78 is 16.8. The number of ether oxygens (including phenoxy) is 3. The van der Waals surface area contributed by atoms with Gasteiger partial charge in [-0.15, -0.1) is 0 Å². The fraction of sp³-hybridized carbons (Fsp3) is 0.566. The largest absolute Gasteiger partial charge is 0.462 e. The Hall–Kier alpha value is -5.49. The van der Waals surface area contributed by atoms with Gasteiger partial charge in [0, 0.05) is 19.3 Å². The zero-order valence-corrected chi connectivity index (χ0v) is 52.4. The Morgan fingerprint density at radius 3 is 0.756 bits per heavy atom. The molecule has 0 heterocycles. The van der Waals surface area contributed by atoms with Crippen molar-refractivity contribution in [3.8, 4) is 0 Å². The van der Waals surface area contributed by atoms with Crippen molar-refractivity contribution in [1.82, 2.24) is 0 Å². The molecule has 0 aliphatic heterocycles. The van der Waals surface area contributed by atoms with Crippen molar-refractivity contribution in [1.29, 1.82) is 0 Å². The number of rotatable bonds is 57. The monoisotopic (exact) mass is 1130 g/mol. The van der Waals surface area contributed by atoms with Gasteiger partial charge in [-0.05, 0) is 141 Å². The Morgan fingerprint density at radius 2 is 0.476 bits per heavy atom. The Bertz CT molecular complexity index is 1920. The van der Waals surface area contributed by atoms with Crippen LogP contribution in [-0.4, -0.2) is 37.2 Å². The summed E-state index contributed by atoms with van der Waals surface area (Å²) in [5.74, 6) is -0.975. The number of allylic oxidation sites excluding steroid dienone is 30. The Labute approximate surface area is 504 Å². The van der Waals surface area contributed by atoms with Gasteiger partial charge in [-0.25, -0.2) is 0 Å². The highest BCUT2D eigenvalue weighted by Crippen LogP contribution is 2.14. The summed E-state index contributed by atoms with van der Waals surface area (Å²) in [6.07, 6.45) is 102. The lowest BCUT2D eigenvalue weighted by molar-refractivity contribution is -0.167. The quantitative estimate of drug-likeness (QED) is 0.0261. The molecule has 458 valence electrons. The molecule has 0 aromatic carbocycles. The van der Waals surface area contributed by atoms with Gasteiger partial charge in [0.15, 0.2) is 6.10 Å². The highest BCUT2D eigenvalue weighted by atomic mass is 16.6. The Balaban J connectivity index is 4.43. The minimum absolute atomic E-state index is 0.107. The lowest BCUT2D eigenvalue weighted by Crippen LogP contribution is -2.30. The molecule has 0 aliphatic carbocycles. The predicted octanol–water partition coefficient (Wildman–Crippen LogP) is 22.8. The van der Waals surface area contributed by atoms with E-state index in [1.807, 2.05) is 0 Å². The molecule has 0 aromatic rings. The molecule has 0 aliphatic rings. The van der Waals surface area contributed by atoms with Crippen molar-refractivity contribution in [2.45, 2.75) is 264 Å². The average molecular weight is 1130 g/mol. The molecule has 1 atom stereocenters. The molecule has 82 heavy (non-hydrogen) atoms. The zero-order chi connectivity index (χ0) is 59.2. The highest BCUT2D eigenvalue weighted by Gasteiger charge is 2.19. The second-order valence-corrected chi connectivity index (χ2v) is 20.9. The van der Waals surface area contributed by atoms with Crippen molar-refractivity contribution in [2.75, 3.05) is 13.2 Å². The number of hydrogen-bond donors (Lipinski definition) is 0. The third kappa shape index (κ3) is 65.3. The van der Waals surface area contributed by atoms with Crippen LogP contribution in [0.1, 0.15) is 258 Å². The van der Waals surface area contributed by atoms with Gasteiger partial charge in [-0.3, -0.25) is 14.4 Å². The number of carbonyl (C=O) groups excluding carboxylic acids is 3. The number of carbonyl (C=O) groups is 3. The first-order valence-electron chi connectivity index (χ1n) is 32.8. The van der Waals surface area contributed by atoms with Gasteiger partial charge >= 0.3 is 17.9 Å². The van der Waals surface area contributed by atoms with Gasteiger partial charge in [0.25, 0.3) is 0 Å². The minimum Gasteiger partial charge on any atom is -0.462 e. The van der Waals surface area contributed by atoms with Gasteiger partial charge < -0.3 is 14.2 Å². The molecule has 0 rings (SSSR count). The van der Waals surface area contributed by atoms with Crippen LogP contribution < -0.4 is 0 Å². The van der Waals surface area contributed by atoms with E-state index in [-0.39, 0.29) is 37.5 Å². The van der Waals surface area contributed by atoms with E-state index in [1.165, 1.54) is 44.9 Å². The van der Waals surface area contributed by atoms with E-state index in [0.29, 0.717) is 19.3 Å². The first-order chi connectivity index (χ1) is 40.5. The SMILES string of the molecule is CC/C=C\C/C=C\C/C=C\C/C=C\C/C=C\C/C=C\C/C=C\C/C=C\CCCCCCC(=O)OCC(COC(=O)CCCCCCCCCCCC)OC(=O)CCCCC/C=C\C/C=C\C/C=C\C/C=C\C/C=C\C/C=C\C/C=C\CC. The smallest absolute Gasteiger partial charge is 0.306 e. The van der Waals surface area contributed by atoms with E-state index in [4.69, 9.17) is 14.2 Å². The average Bonchev–Trinajstić information content (AvgIpc) is 3.48. The maximum atomic E-state index is 12.9. The summed E-state index contributed by atoms with van der Waals surface area (Å²) in [5.41, 5.74) is 0. The maximum absolute atomic E-state index is 12.9. The Morgan fingerprint density at radius 1 is 0.256 bits per heavy atom. The number of unbranched alkanes of at least 4 members (excludes halogenated alkanes) is 16. The molecule has 0 spiro atoms. The lowest BCUT2D eigenvalue weighted by Gasteiger charge is -2.18. The van der Waals surface area contributed by atoms with Gasteiger partial charge in [0.05, 0.1) is 0 Å². The second-order valence-electron chi connectivity index (χ2n) is 20.9. The molecule has 0 amide bonds. The van der Waals surface area contributed by atoms with Crippen LogP contribution in [0.15, 0.2) is 182 Å². The van der Waals surface area contributed by atoms with Crippen molar-refractivity contribution in [2.24, 2.45) is 0 Å². The van der Waals surface area contributed by atoms with E-state index >= 15 is 0 Å². The molecule has 0 radical (unpaired) electrons. The summed E-state index contributed by atoms with van der Waals surface area (Å²) in [6, 6.07) is 0. The van der Waals surface area contributed by atoms with Gasteiger partial charge in [0.1, 0.15) is 13.2 Å². The summed E-state index contributed by atoms with van der Waals surface area (Å²) in [7, 11) is 0. The lowest BCUT2D eigenvalue weighted by atomic mass is 10.1. The third-order valence-electron chi connectivity index (χ3n) is 13.2. The normalized spacial score (nSPS) is 13.4. The molecule has 1 unspecified atom stereocenters. The zero-order valence-electron chi connectivity index (χ0n) is 52.4. The van der Waals surface area contributed by atoms with E-state index in [9.17, 15) is 14.4 Å². The standard InChI is InChI=1S/C76H118O6/c1-4-7-10-13-16-19-22-24-26-28-30-32-34-36-37-38-39-41-42-44-46-48-50-52-54-57-60-63-66-69-75(78)81-72-73(71-80-74(77)68-65-62-59-56-21-18-15-12-9-6-3)82-76(79)70-67-64-61-58-55-53-51-49-47-45-43-40-35-33-31-29-27-25-23-20-17-14-11-8-5-2/h7-8,10-11,16-17,19-20,24-27,30-33,36-37,39-41,43-44,46-47,49-50,52-53,55,73H,4-6,9,12-15,18,21-23,28-29,34-35,38,42,45,48,51,54,56-72H2,1-3H3/b10-7-,11-8-,19-16-,20-17-,26-24-,27-25-,32-30-,33-31-,37-36-,41-39-,43-40-,46-44-,49-47-,52-50-,55-53-. The fourth-order valence-corrected chi connectivity index (χ4v) is 8.32. The van der Waals surface area contributed by atoms with E-state index in [0.717, 1.165) is 167 Å². The summed E-state index contributed by atoms with van der Waals surface area (Å²) in [4.78, 5) is 38.3. The van der Waals surface area contributed by atoms with Gasteiger partial charge in [0.2, 0.25) is 0 Å². The van der Waals surface area contributed by atoms with Gasteiger partial charge in [-0.2, -0.15) is 0 Å². The molecule has 0 aromatic heterocycles. The molecular weight excluding hydrogens is 1010 g/mol. The summed E-state index contributed by atoms with van der Waals surface area (Å²) >= 11 is 0. The van der Waals surface area contributed by atoms with Crippen LogP contribution in [0.4, 0.5) is 0 Å². The van der Waals surface area contributed by atoms with Crippen molar-refractivity contribution >= 4 is 17.9 Å². The summed E-state index contributed by atoms with van der Waals surface area (Å²) in [6.45, 7) is 6.34. The molecule has 0 saturated carbocycles. The molecule has 0 fully saturated rings. The molecule has 0 bridgehead atoms. The fourth-order valence-electron chi connectivity index (χ4n) is 8.32. The number of esters is 3. The maximum Gasteiger partial charge on any atom is 0.306 e. The molecule has 6 heteroatoms. The predicted molar refractivity (Wildman–Crippen MR) is 357 cm³/mol.